The maximum atomic E-state index is 5.68. The summed E-state index contributed by atoms with van der Waals surface area (Å²) in [6.07, 6.45) is 6.59. The van der Waals surface area contributed by atoms with Crippen LogP contribution in [0.2, 0.25) is 0 Å². The first-order valence-electron chi connectivity index (χ1n) is 7.00. The molecule has 0 aromatic heterocycles. The fourth-order valence-electron chi connectivity index (χ4n) is 1.59. The Labute approximate surface area is 126 Å². The Morgan fingerprint density at radius 3 is 2.65 bits per heavy atom. The number of nitrogens with one attached hydrogen (secondary N) is 2. The zero-order valence-corrected chi connectivity index (χ0v) is 13.0. The topological polar surface area (TPSA) is 45.6 Å². The van der Waals surface area contributed by atoms with E-state index in [2.05, 4.69) is 22.8 Å². The van der Waals surface area contributed by atoms with E-state index in [1.54, 1.807) is 13.3 Å². The van der Waals surface area contributed by atoms with Crippen LogP contribution in [0.25, 0.3) is 0 Å². The summed E-state index contributed by atoms with van der Waals surface area (Å²) >= 11 is 4.91. The zero-order chi connectivity index (χ0) is 14.6. The quantitative estimate of drug-likeness (QED) is 0.335. The molecule has 0 aliphatic carbocycles. The second kappa shape index (κ2) is 10.2. The van der Waals surface area contributed by atoms with Crippen LogP contribution in [0.1, 0.15) is 38.2 Å². The van der Waals surface area contributed by atoms with Gasteiger partial charge >= 0.3 is 0 Å². The lowest BCUT2D eigenvalue weighted by Crippen LogP contribution is -2.28. The Kier molecular flexibility index (Phi) is 8.38. The molecule has 1 aromatic carbocycles. The molecule has 2 N–H and O–H groups in total. The molecular formula is C15H23N3OS. The van der Waals surface area contributed by atoms with Gasteiger partial charge in [0.15, 0.2) is 5.11 Å². The summed E-state index contributed by atoms with van der Waals surface area (Å²) in [6, 6.07) is 7.85. The van der Waals surface area contributed by atoms with Gasteiger partial charge in [0.25, 0.3) is 0 Å². The summed E-state index contributed by atoms with van der Waals surface area (Å²) in [5.41, 5.74) is 3.70. The SMILES string of the molecule is CCCCCCOc1ccc(/C=N\NC(=S)NC)cc1. The lowest BCUT2D eigenvalue weighted by molar-refractivity contribution is 0.305. The molecule has 0 bridgehead atoms. The maximum absolute atomic E-state index is 5.68. The first-order valence-corrected chi connectivity index (χ1v) is 7.40. The molecule has 0 spiro atoms. The average molecular weight is 293 g/mol. The van der Waals surface area contributed by atoms with Crippen molar-refractivity contribution in [2.45, 2.75) is 32.6 Å². The minimum absolute atomic E-state index is 0.494. The summed E-state index contributed by atoms with van der Waals surface area (Å²) in [5.74, 6) is 0.900. The van der Waals surface area contributed by atoms with Crippen molar-refractivity contribution >= 4 is 23.5 Å². The number of rotatable bonds is 8. The maximum Gasteiger partial charge on any atom is 0.186 e. The highest BCUT2D eigenvalue weighted by Crippen LogP contribution is 2.12. The van der Waals surface area contributed by atoms with E-state index in [-0.39, 0.29) is 0 Å². The van der Waals surface area contributed by atoms with Crippen LogP contribution in [0.4, 0.5) is 0 Å². The van der Waals surface area contributed by atoms with Gasteiger partial charge in [-0.25, -0.2) is 0 Å². The molecule has 0 unspecified atom stereocenters. The monoisotopic (exact) mass is 293 g/mol. The third kappa shape index (κ3) is 7.09. The first-order chi connectivity index (χ1) is 9.76. The molecule has 5 heteroatoms. The van der Waals surface area contributed by atoms with Crippen LogP contribution in [0, 0.1) is 0 Å². The van der Waals surface area contributed by atoms with Crippen molar-refractivity contribution in [1.29, 1.82) is 0 Å². The number of hydrazone groups is 1. The van der Waals surface area contributed by atoms with Crippen LogP contribution in [-0.4, -0.2) is 25.0 Å². The Hall–Kier alpha value is -1.62. The molecular weight excluding hydrogens is 270 g/mol. The van der Waals surface area contributed by atoms with Crippen LogP contribution in [-0.2, 0) is 0 Å². The molecule has 20 heavy (non-hydrogen) atoms. The van der Waals surface area contributed by atoms with Crippen LogP contribution >= 0.6 is 12.2 Å². The van der Waals surface area contributed by atoms with Crippen molar-refractivity contribution in [3.8, 4) is 5.75 Å². The van der Waals surface area contributed by atoms with Gasteiger partial charge in [0.2, 0.25) is 0 Å². The second-order valence-corrected chi connectivity index (χ2v) is 4.84. The lowest BCUT2D eigenvalue weighted by Gasteiger charge is -2.06. The third-order valence-corrected chi connectivity index (χ3v) is 3.05. The summed E-state index contributed by atoms with van der Waals surface area (Å²) < 4.78 is 5.68. The van der Waals surface area contributed by atoms with Crippen LogP contribution in [0.5, 0.6) is 5.75 Å². The van der Waals surface area contributed by atoms with Crippen molar-refractivity contribution in [2.24, 2.45) is 5.10 Å². The molecule has 0 aliphatic heterocycles. The van der Waals surface area contributed by atoms with Gasteiger partial charge in [0, 0.05) is 7.05 Å². The van der Waals surface area contributed by atoms with Crippen molar-refractivity contribution in [3.05, 3.63) is 29.8 Å². The third-order valence-electron chi connectivity index (χ3n) is 2.75. The average Bonchev–Trinajstić information content (AvgIpc) is 2.48. The Bertz CT molecular complexity index is 418. The molecule has 0 aliphatic rings. The number of unbranched alkanes of at least 4 members (excludes halogenated alkanes) is 3. The van der Waals surface area contributed by atoms with E-state index in [4.69, 9.17) is 17.0 Å². The van der Waals surface area contributed by atoms with Gasteiger partial charge in [0.1, 0.15) is 5.75 Å². The zero-order valence-electron chi connectivity index (χ0n) is 12.2. The molecule has 4 nitrogen and oxygen atoms in total. The Morgan fingerprint density at radius 2 is 2.00 bits per heavy atom. The Morgan fingerprint density at radius 1 is 1.25 bits per heavy atom. The normalized spacial score (nSPS) is 10.5. The van der Waals surface area contributed by atoms with E-state index in [0.29, 0.717) is 5.11 Å². The van der Waals surface area contributed by atoms with Gasteiger partial charge in [-0.2, -0.15) is 5.10 Å². The second-order valence-electron chi connectivity index (χ2n) is 4.43. The van der Waals surface area contributed by atoms with Crippen molar-refractivity contribution in [2.75, 3.05) is 13.7 Å². The number of hydrogen-bond donors (Lipinski definition) is 2. The van der Waals surface area contributed by atoms with E-state index in [1.165, 1.54) is 19.3 Å². The van der Waals surface area contributed by atoms with E-state index in [0.717, 1.165) is 24.3 Å². The number of nitrogens with zero attached hydrogens (tertiary/aromatic N) is 1. The molecule has 110 valence electrons. The standard InChI is InChI=1S/C15H23N3OS/c1-3-4-5-6-11-19-14-9-7-13(8-10-14)12-17-18-15(20)16-2/h7-10,12H,3-6,11H2,1-2H3,(H2,16,18,20)/b17-12-. The van der Waals surface area contributed by atoms with Gasteiger partial charge in [-0.05, 0) is 48.5 Å². The highest BCUT2D eigenvalue weighted by Gasteiger charge is 1.94. The lowest BCUT2D eigenvalue weighted by atomic mass is 10.2. The van der Waals surface area contributed by atoms with E-state index < -0.39 is 0 Å². The number of ether oxygens (including phenoxy) is 1. The molecule has 0 amide bonds. The van der Waals surface area contributed by atoms with Gasteiger partial charge < -0.3 is 10.1 Å². The highest BCUT2D eigenvalue weighted by molar-refractivity contribution is 7.80. The minimum Gasteiger partial charge on any atom is -0.494 e. The van der Waals surface area contributed by atoms with Gasteiger partial charge in [-0.1, -0.05) is 26.2 Å². The van der Waals surface area contributed by atoms with E-state index in [1.807, 2.05) is 24.3 Å². The molecule has 0 heterocycles. The van der Waals surface area contributed by atoms with E-state index in [9.17, 15) is 0 Å². The predicted octanol–water partition coefficient (Wildman–Crippen LogP) is 3.07. The summed E-state index contributed by atoms with van der Waals surface area (Å²) in [6.45, 7) is 2.99. The molecule has 1 rings (SSSR count). The van der Waals surface area contributed by atoms with E-state index >= 15 is 0 Å². The number of benzene rings is 1. The van der Waals surface area contributed by atoms with Crippen molar-refractivity contribution < 1.29 is 4.74 Å². The molecule has 0 saturated carbocycles. The summed E-state index contributed by atoms with van der Waals surface area (Å²) in [5, 5.41) is 7.30. The molecule has 0 atom stereocenters. The van der Waals surface area contributed by atoms with Crippen LogP contribution in [0.3, 0.4) is 0 Å². The van der Waals surface area contributed by atoms with Gasteiger partial charge in [-0.3, -0.25) is 5.43 Å². The van der Waals surface area contributed by atoms with Crippen molar-refractivity contribution in [1.82, 2.24) is 10.7 Å². The molecule has 1 aromatic rings. The summed E-state index contributed by atoms with van der Waals surface area (Å²) in [4.78, 5) is 0. The predicted molar refractivity (Wildman–Crippen MR) is 88.5 cm³/mol. The first kappa shape index (κ1) is 16.4. The number of thiocarbonyl (C=S) groups is 1. The smallest absolute Gasteiger partial charge is 0.186 e. The number of hydrogen-bond acceptors (Lipinski definition) is 3. The van der Waals surface area contributed by atoms with Gasteiger partial charge in [0.05, 0.1) is 12.8 Å². The molecule has 0 fully saturated rings. The fourth-order valence-corrected chi connectivity index (χ4v) is 1.64. The van der Waals surface area contributed by atoms with Gasteiger partial charge in [-0.15, -0.1) is 0 Å². The Balaban J connectivity index is 2.31. The van der Waals surface area contributed by atoms with Crippen LogP contribution < -0.4 is 15.5 Å². The minimum atomic E-state index is 0.494. The van der Waals surface area contributed by atoms with Crippen LogP contribution in [0.15, 0.2) is 29.4 Å². The summed E-state index contributed by atoms with van der Waals surface area (Å²) in [7, 11) is 1.75. The molecule has 0 saturated heterocycles. The largest absolute Gasteiger partial charge is 0.494 e. The highest BCUT2D eigenvalue weighted by atomic mass is 32.1. The molecule has 0 radical (unpaired) electrons. The van der Waals surface area contributed by atoms with Crippen molar-refractivity contribution in [3.63, 3.8) is 0 Å². The fraction of sp³-hybridized carbons (Fsp3) is 0.467.